The van der Waals surface area contributed by atoms with E-state index in [4.69, 9.17) is 4.74 Å². The van der Waals surface area contributed by atoms with E-state index < -0.39 is 26.1 Å². The second-order valence-corrected chi connectivity index (χ2v) is 9.76. The Labute approximate surface area is 196 Å². The molecule has 0 aliphatic heterocycles. The number of methoxy groups -OCH3 is 1. The quantitative estimate of drug-likeness (QED) is 0.456. The Kier molecular flexibility index (Phi) is 6.21. The third-order valence-corrected chi connectivity index (χ3v) is 7.11. The van der Waals surface area contributed by atoms with Crippen LogP contribution in [0.4, 0.5) is 5.69 Å². The molecule has 0 fully saturated rings. The fraction of sp³-hybridized carbons (Fsp3) is 0.160. The van der Waals surface area contributed by atoms with E-state index in [1.807, 2.05) is 6.92 Å². The van der Waals surface area contributed by atoms with Crippen LogP contribution in [0.2, 0.25) is 0 Å². The monoisotopic (exact) mass is 477 g/mol. The highest BCUT2D eigenvalue weighted by molar-refractivity contribution is 7.91. The van der Waals surface area contributed by atoms with Gasteiger partial charge in [0.15, 0.2) is 0 Å². The maximum Gasteiger partial charge on any atom is 0.244 e. The Balaban J connectivity index is 1.82. The molecule has 0 saturated heterocycles. The fourth-order valence-corrected chi connectivity index (χ4v) is 4.95. The lowest BCUT2D eigenvalue weighted by Crippen LogP contribution is -2.24. The Morgan fingerprint density at radius 1 is 1.03 bits per heavy atom. The van der Waals surface area contributed by atoms with E-state index in [2.05, 4.69) is 10.3 Å². The number of carbonyl (C=O) groups is 1. The Hall–Kier alpha value is -3.98. The third kappa shape index (κ3) is 4.42. The minimum absolute atomic E-state index is 0.000329. The molecule has 0 saturated carbocycles. The molecule has 0 aliphatic rings. The standard InChI is InChI=1S/C25H23N3O5S/c1-16-8-11-18(12-9-16)34(31,32)22-14-28(25-19(24(22)30)13-10-17(2)26-25)15-23(29)27-20-6-4-5-7-21(20)33-3/h4-14H,15H2,1-3H3,(H,27,29). The molecular weight excluding hydrogens is 454 g/mol. The molecule has 0 aliphatic carbocycles. The van der Waals surface area contributed by atoms with Crippen molar-refractivity contribution in [2.45, 2.75) is 30.2 Å². The number of hydrogen-bond acceptors (Lipinski definition) is 6. The molecule has 174 valence electrons. The van der Waals surface area contributed by atoms with Crippen LogP contribution in [0.15, 0.2) is 81.4 Å². The smallest absolute Gasteiger partial charge is 0.244 e. The second kappa shape index (κ2) is 9.11. The number of amides is 1. The van der Waals surface area contributed by atoms with Crippen LogP contribution in [-0.4, -0.2) is 31.0 Å². The molecule has 1 amide bonds. The molecule has 0 unspecified atom stereocenters. The summed E-state index contributed by atoms with van der Waals surface area (Å²) in [5.41, 5.74) is 1.55. The SMILES string of the molecule is COc1ccccc1NC(=O)Cn1cc(S(=O)(=O)c2ccc(C)cc2)c(=O)c2ccc(C)nc21. The minimum atomic E-state index is -4.13. The van der Waals surface area contributed by atoms with E-state index in [0.29, 0.717) is 17.1 Å². The van der Waals surface area contributed by atoms with Gasteiger partial charge in [0.2, 0.25) is 21.2 Å². The number of ether oxygens (including phenoxy) is 1. The molecule has 2 aromatic heterocycles. The summed E-state index contributed by atoms with van der Waals surface area (Å²) >= 11 is 0. The van der Waals surface area contributed by atoms with E-state index >= 15 is 0 Å². The molecule has 4 rings (SSSR count). The van der Waals surface area contributed by atoms with Crippen molar-refractivity contribution in [3.63, 3.8) is 0 Å². The molecule has 9 heteroatoms. The van der Waals surface area contributed by atoms with Crippen LogP contribution in [-0.2, 0) is 21.2 Å². The van der Waals surface area contributed by atoms with Gasteiger partial charge in [0, 0.05) is 11.9 Å². The minimum Gasteiger partial charge on any atom is -0.495 e. The van der Waals surface area contributed by atoms with Gasteiger partial charge in [-0.25, -0.2) is 13.4 Å². The van der Waals surface area contributed by atoms with Crippen molar-refractivity contribution in [1.82, 2.24) is 9.55 Å². The van der Waals surface area contributed by atoms with Gasteiger partial charge in [-0.1, -0.05) is 29.8 Å². The van der Waals surface area contributed by atoms with E-state index in [-0.39, 0.29) is 22.5 Å². The van der Waals surface area contributed by atoms with E-state index in [1.54, 1.807) is 49.4 Å². The van der Waals surface area contributed by atoms with Crippen LogP contribution in [0, 0.1) is 13.8 Å². The number of para-hydroxylation sites is 2. The van der Waals surface area contributed by atoms with Gasteiger partial charge in [-0.3, -0.25) is 9.59 Å². The lowest BCUT2D eigenvalue weighted by molar-refractivity contribution is -0.116. The topological polar surface area (TPSA) is 107 Å². The van der Waals surface area contributed by atoms with Gasteiger partial charge in [0.05, 0.1) is 23.1 Å². The number of aromatic nitrogens is 2. The molecule has 0 radical (unpaired) electrons. The number of aryl methyl sites for hydroxylation is 2. The van der Waals surface area contributed by atoms with Gasteiger partial charge in [-0.2, -0.15) is 0 Å². The zero-order valence-corrected chi connectivity index (χ0v) is 19.7. The first-order chi connectivity index (χ1) is 16.2. The number of anilines is 1. The van der Waals surface area contributed by atoms with Crippen molar-refractivity contribution in [2.24, 2.45) is 0 Å². The molecule has 2 aromatic carbocycles. The highest BCUT2D eigenvalue weighted by atomic mass is 32.2. The molecular formula is C25H23N3O5S. The zero-order chi connectivity index (χ0) is 24.5. The summed E-state index contributed by atoms with van der Waals surface area (Å²) < 4.78 is 33.3. The number of fused-ring (bicyclic) bond motifs is 1. The van der Waals surface area contributed by atoms with Crippen LogP contribution in [0.5, 0.6) is 5.75 Å². The third-order valence-electron chi connectivity index (χ3n) is 5.34. The summed E-state index contributed by atoms with van der Waals surface area (Å²) in [6, 6.07) is 16.3. The Morgan fingerprint density at radius 2 is 1.74 bits per heavy atom. The van der Waals surface area contributed by atoms with E-state index in [1.165, 1.54) is 36.1 Å². The second-order valence-electron chi connectivity index (χ2n) is 7.84. The molecule has 8 nitrogen and oxygen atoms in total. The lowest BCUT2D eigenvalue weighted by atomic mass is 10.2. The number of nitrogens with one attached hydrogen (secondary N) is 1. The van der Waals surface area contributed by atoms with Gasteiger partial charge >= 0.3 is 0 Å². The van der Waals surface area contributed by atoms with E-state index in [0.717, 1.165) is 5.56 Å². The molecule has 0 spiro atoms. The summed E-state index contributed by atoms with van der Waals surface area (Å²) in [7, 11) is -2.63. The van der Waals surface area contributed by atoms with Crippen molar-refractivity contribution in [3.05, 3.63) is 88.3 Å². The Bertz CT molecular complexity index is 1560. The number of hydrogen-bond donors (Lipinski definition) is 1. The Morgan fingerprint density at radius 3 is 2.44 bits per heavy atom. The zero-order valence-electron chi connectivity index (χ0n) is 18.9. The van der Waals surface area contributed by atoms with Gasteiger partial charge in [-0.15, -0.1) is 0 Å². The first-order valence-electron chi connectivity index (χ1n) is 10.5. The molecule has 0 bridgehead atoms. The predicted octanol–water partition coefficient (Wildman–Crippen LogP) is 3.49. The maximum atomic E-state index is 13.3. The number of carbonyl (C=O) groups excluding carboxylic acids is 1. The van der Waals surface area contributed by atoms with Crippen LogP contribution < -0.4 is 15.5 Å². The van der Waals surface area contributed by atoms with Gasteiger partial charge in [0.1, 0.15) is 22.8 Å². The summed E-state index contributed by atoms with van der Waals surface area (Å²) in [5.74, 6) is 0.0497. The fourth-order valence-electron chi connectivity index (χ4n) is 3.58. The van der Waals surface area contributed by atoms with Crippen molar-refractivity contribution in [2.75, 3.05) is 12.4 Å². The first kappa shape index (κ1) is 23.2. The largest absolute Gasteiger partial charge is 0.495 e. The van der Waals surface area contributed by atoms with Gasteiger partial charge in [0.25, 0.3) is 0 Å². The summed E-state index contributed by atoms with van der Waals surface area (Å²) in [5, 5.41) is 2.87. The van der Waals surface area contributed by atoms with Crippen LogP contribution >= 0.6 is 0 Å². The maximum absolute atomic E-state index is 13.3. The van der Waals surface area contributed by atoms with Gasteiger partial charge in [-0.05, 0) is 50.2 Å². The normalized spacial score (nSPS) is 11.4. The predicted molar refractivity (Wildman–Crippen MR) is 129 cm³/mol. The summed E-state index contributed by atoms with van der Waals surface area (Å²) in [4.78, 5) is 30.1. The molecule has 1 N–H and O–H groups in total. The highest BCUT2D eigenvalue weighted by Gasteiger charge is 2.25. The van der Waals surface area contributed by atoms with Crippen LogP contribution in [0.3, 0.4) is 0 Å². The summed E-state index contributed by atoms with van der Waals surface area (Å²) in [6.07, 6.45) is 1.19. The van der Waals surface area contributed by atoms with Crippen molar-refractivity contribution >= 4 is 32.5 Å². The lowest BCUT2D eigenvalue weighted by Gasteiger charge is -2.15. The first-order valence-corrected chi connectivity index (χ1v) is 11.9. The number of benzene rings is 2. The molecule has 2 heterocycles. The van der Waals surface area contributed by atoms with Crippen LogP contribution in [0.25, 0.3) is 11.0 Å². The van der Waals surface area contributed by atoms with Crippen LogP contribution in [0.1, 0.15) is 11.3 Å². The van der Waals surface area contributed by atoms with Crippen molar-refractivity contribution < 1.29 is 17.9 Å². The average Bonchev–Trinajstić information content (AvgIpc) is 2.81. The average molecular weight is 478 g/mol. The molecule has 0 atom stereocenters. The number of rotatable bonds is 6. The van der Waals surface area contributed by atoms with Gasteiger partial charge < -0.3 is 14.6 Å². The van der Waals surface area contributed by atoms with Crippen molar-refractivity contribution in [3.8, 4) is 5.75 Å². The highest BCUT2D eigenvalue weighted by Crippen LogP contribution is 2.24. The summed E-state index contributed by atoms with van der Waals surface area (Å²) in [6.45, 7) is 3.33. The number of nitrogens with zero attached hydrogens (tertiary/aromatic N) is 2. The van der Waals surface area contributed by atoms with E-state index in [9.17, 15) is 18.0 Å². The van der Waals surface area contributed by atoms with Crippen molar-refractivity contribution in [1.29, 1.82) is 0 Å². The molecule has 4 aromatic rings. The molecule has 34 heavy (non-hydrogen) atoms. The number of sulfone groups is 1. The number of pyridine rings is 2.